The Morgan fingerprint density at radius 3 is 2.58 bits per heavy atom. The van der Waals surface area contributed by atoms with E-state index in [-0.39, 0.29) is 0 Å². The number of halogens is 2. The van der Waals surface area contributed by atoms with E-state index in [2.05, 4.69) is 41.3 Å². The molecule has 1 unspecified atom stereocenters. The van der Waals surface area contributed by atoms with Crippen LogP contribution in [-0.2, 0) is 6.42 Å². The molecular weight excluding hydrogens is 334 g/mol. The average molecular weight is 369 g/mol. The van der Waals surface area contributed by atoms with Crippen LogP contribution >= 0.6 is 0 Å². The van der Waals surface area contributed by atoms with Gasteiger partial charge in [0.15, 0.2) is 17.6 Å². The first-order valence-electron chi connectivity index (χ1n) is 9.71. The predicted octanol–water partition coefficient (Wildman–Crippen LogP) is 3.57. The van der Waals surface area contributed by atoms with Gasteiger partial charge in [-0.15, -0.1) is 0 Å². The summed E-state index contributed by atoms with van der Waals surface area (Å²) in [5.74, 6) is -0.858. The molecule has 0 saturated carbocycles. The lowest BCUT2D eigenvalue weighted by atomic mass is 10.1. The van der Waals surface area contributed by atoms with Crippen molar-refractivity contribution in [2.24, 2.45) is 4.99 Å². The number of aliphatic imine (C=N–C) groups is 1. The molecule has 6 heteroatoms. The number of benzene rings is 1. The van der Waals surface area contributed by atoms with E-state index in [1.165, 1.54) is 6.07 Å². The quantitative estimate of drug-likeness (QED) is 0.463. The minimum atomic E-state index is -0.807. The molecule has 0 spiro atoms. The fraction of sp³-hybridized carbons (Fsp3) is 0.650. The standard InChI is InChI=1S/C20H34F2N4/c1-5-23-20(25-16(4)10-9-15-26(6-2)7-3)24-14-13-17-11-8-12-18(21)19(17)22/h8,11-12,16H,5-7,9-10,13-15H2,1-4H3,(H2,23,24,25). The van der Waals surface area contributed by atoms with Crippen molar-refractivity contribution in [3.63, 3.8) is 0 Å². The second-order valence-corrected chi connectivity index (χ2v) is 6.44. The van der Waals surface area contributed by atoms with Gasteiger partial charge in [-0.05, 0) is 64.4 Å². The molecule has 1 aromatic carbocycles. The van der Waals surface area contributed by atoms with E-state index in [1.54, 1.807) is 6.07 Å². The molecule has 0 heterocycles. The summed E-state index contributed by atoms with van der Waals surface area (Å²) in [4.78, 5) is 6.91. The Labute approximate surface area is 157 Å². The number of rotatable bonds is 11. The van der Waals surface area contributed by atoms with Crippen molar-refractivity contribution >= 4 is 5.96 Å². The molecule has 0 amide bonds. The molecule has 0 aromatic heterocycles. The summed E-state index contributed by atoms with van der Waals surface area (Å²) >= 11 is 0. The first kappa shape index (κ1) is 22.4. The molecule has 1 atom stereocenters. The third-order valence-electron chi connectivity index (χ3n) is 4.42. The first-order chi connectivity index (χ1) is 12.5. The molecule has 148 valence electrons. The van der Waals surface area contributed by atoms with Gasteiger partial charge in [0.2, 0.25) is 0 Å². The molecule has 0 saturated heterocycles. The number of nitrogens with one attached hydrogen (secondary N) is 2. The average Bonchev–Trinajstić information content (AvgIpc) is 2.62. The zero-order valence-electron chi connectivity index (χ0n) is 16.6. The first-order valence-corrected chi connectivity index (χ1v) is 9.71. The van der Waals surface area contributed by atoms with Crippen LogP contribution in [0.3, 0.4) is 0 Å². The largest absolute Gasteiger partial charge is 0.357 e. The van der Waals surface area contributed by atoms with Crippen LogP contribution in [0.4, 0.5) is 8.78 Å². The fourth-order valence-corrected chi connectivity index (χ4v) is 2.82. The number of hydrogen-bond acceptors (Lipinski definition) is 2. The highest BCUT2D eigenvalue weighted by molar-refractivity contribution is 5.80. The minimum absolute atomic E-state index is 0.300. The van der Waals surface area contributed by atoms with Crippen molar-refractivity contribution in [1.82, 2.24) is 15.5 Å². The summed E-state index contributed by atoms with van der Waals surface area (Å²) in [5, 5.41) is 6.60. The van der Waals surface area contributed by atoms with Gasteiger partial charge in [0.1, 0.15) is 0 Å². The third-order valence-corrected chi connectivity index (χ3v) is 4.42. The summed E-state index contributed by atoms with van der Waals surface area (Å²) in [6.07, 6.45) is 2.56. The van der Waals surface area contributed by atoms with Gasteiger partial charge in [0.25, 0.3) is 0 Å². The van der Waals surface area contributed by atoms with Crippen molar-refractivity contribution in [3.8, 4) is 0 Å². The molecule has 0 aliphatic rings. The molecule has 4 nitrogen and oxygen atoms in total. The van der Waals surface area contributed by atoms with E-state index >= 15 is 0 Å². The van der Waals surface area contributed by atoms with Crippen LogP contribution in [0.25, 0.3) is 0 Å². The molecule has 0 bridgehead atoms. The predicted molar refractivity (Wildman–Crippen MR) is 106 cm³/mol. The Hall–Kier alpha value is -1.69. The van der Waals surface area contributed by atoms with Crippen LogP contribution in [0.1, 0.15) is 46.1 Å². The summed E-state index contributed by atoms with van der Waals surface area (Å²) in [5.41, 5.74) is 0.358. The molecule has 1 rings (SSSR count). The monoisotopic (exact) mass is 368 g/mol. The summed E-state index contributed by atoms with van der Waals surface area (Å²) in [6.45, 7) is 12.9. The molecule has 1 aromatic rings. The Morgan fingerprint density at radius 1 is 1.19 bits per heavy atom. The van der Waals surface area contributed by atoms with Crippen LogP contribution in [0.2, 0.25) is 0 Å². The third kappa shape index (κ3) is 8.13. The Morgan fingerprint density at radius 2 is 1.92 bits per heavy atom. The Bertz CT molecular complexity index is 545. The van der Waals surface area contributed by atoms with E-state index in [4.69, 9.17) is 0 Å². The van der Waals surface area contributed by atoms with Crippen molar-refractivity contribution in [1.29, 1.82) is 0 Å². The second kappa shape index (κ2) is 12.6. The maximum atomic E-state index is 13.7. The van der Waals surface area contributed by atoms with Crippen LogP contribution in [-0.4, -0.2) is 49.6 Å². The highest BCUT2D eigenvalue weighted by Gasteiger charge is 2.08. The van der Waals surface area contributed by atoms with Gasteiger partial charge >= 0.3 is 0 Å². The molecule has 26 heavy (non-hydrogen) atoms. The molecule has 0 aliphatic carbocycles. The lowest BCUT2D eigenvalue weighted by Crippen LogP contribution is -2.42. The number of hydrogen-bond donors (Lipinski definition) is 2. The lowest BCUT2D eigenvalue weighted by molar-refractivity contribution is 0.292. The molecule has 0 radical (unpaired) electrons. The van der Waals surface area contributed by atoms with Gasteiger partial charge in [-0.1, -0.05) is 26.0 Å². The topological polar surface area (TPSA) is 39.7 Å². The highest BCUT2D eigenvalue weighted by Crippen LogP contribution is 2.11. The maximum absolute atomic E-state index is 13.7. The highest BCUT2D eigenvalue weighted by atomic mass is 19.2. The van der Waals surface area contributed by atoms with Crippen LogP contribution in [0.15, 0.2) is 23.2 Å². The van der Waals surface area contributed by atoms with Crippen molar-refractivity contribution in [2.75, 3.05) is 32.7 Å². The minimum Gasteiger partial charge on any atom is -0.357 e. The second-order valence-electron chi connectivity index (χ2n) is 6.44. The van der Waals surface area contributed by atoms with Crippen molar-refractivity contribution in [2.45, 2.75) is 53.0 Å². The summed E-state index contributed by atoms with van der Waals surface area (Å²) in [6, 6.07) is 4.56. The van der Waals surface area contributed by atoms with E-state index in [0.717, 1.165) is 51.0 Å². The van der Waals surface area contributed by atoms with Gasteiger partial charge in [-0.2, -0.15) is 0 Å². The SMILES string of the molecule is CCNC(=NCCc1cccc(F)c1F)NC(C)CCCN(CC)CC. The summed E-state index contributed by atoms with van der Waals surface area (Å²) < 4.78 is 26.9. The van der Waals surface area contributed by atoms with E-state index in [1.807, 2.05) is 6.92 Å². The lowest BCUT2D eigenvalue weighted by Gasteiger charge is -2.21. The number of nitrogens with zero attached hydrogens (tertiary/aromatic N) is 2. The van der Waals surface area contributed by atoms with Crippen LogP contribution < -0.4 is 10.6 Å². The number of guanidine groups is 1. The van der Waals surface area contributed by atoms with Crippen LogP contribution in [0, 0.1) is 11.6 Å². The van der Waals surface area contributed by atoms with Gasteiger partial charge in [0, 0.05) is 19.1 Å². The summed E-state index contributed by atoms with van der Waals surface area (Å²) in [7, 11) is 0. The zero-order valence-corrected chi connectivity index (χ0v) is 16.6. The molecule has 0 aliphatic heterocycles. The van der Waals surface area contributed by atoms with E-state index in [0.29, 0.717) is 24.6 Å². The normalized spacial score (nSPS) is 13.1. The van der Waals surface area contributed by atoms with Gasteiger partial charge < -0.3 is 15.5 Å². The van der Waals surface area contributed by atoms with Gasteiger partial charge in [-0.3, -0.25) is 4.99 Å². The Balaban J connectivity index is 2.48. The van der Waals surface area contributed by atoms with E-state index in [9.17, 15) is 8.78 Å². The fourth-order valence-electron chi connectivity index (χ4n) is 2.82. The molecular formula is C20H34F2N4. The van der Waals surface area contributed by atoms with Crippen molar-refractivity contribution in [3.05, 3.63) is 35.4 Å². The van der Waals surface area contributed by atoms with Gasteiger partial charge in [0.05, 0.1) is 0 Å². The van der Waals surface area contributed by atoms with Crippen LogP contribution in [0.5, 0.6) is 0 Å². The van der Waals surface area contributed by atoms with Gasteiger partial charge in [-0.25, -0.2) is 8.78 Å². The smallest absolute Gasteiger partial charge is 0.191 e. The maximum Gasteiger partial charge on any atom is 0.191 e. The molecule has 2 N–H and O–H groups in total. The Kier molecular flexibility index (Phi) is 10.9. The zero-order chi connectivity index (χ0) is 19.4. The van der Waals surface area contributed by atoms with Crippen molar-refractivity contribution < 1.29 is 8.78 Å². The van der Waals surface area contributed by atoms with E-state index < -0.39 is 11.6 Å². The molecule has 0 fully saturated rings.